The molecule has 2 fully saturated rings. The van der Waals surface area contributed by atoms with Gasteiger partial charge in [0.1, 0.15) is 11.9 Å². The van der Waals surface area contributed by atoms with Gasteiger partial charge in [0.15, 0.2) is 0 Å². The zero-order chi connectivity index (χ0) is 12.0. The highest BCUT2D eigenvalue weighted by Gasteiger charge is 2.41. The molecular weight excluding hydrogens is 282 g/mol. The first-order chi connectivity index (χ1) is 8.16. The number of rotatable bonds is 2. The maximum absolute atomic E-state index is 10.4. The molecule has 0 aromatic carbocycles. The van der Waals surface area contributed by atoms with Crippen molar-refractivity contribution in [1.82, 2.24) is 4.90 Å². The molecule has 2 aliphatic heterocycles. The number of furan rings is 1. The minimum atomic E-state index is -0.462. The molecule has 94 valence electrons. The molecule has 0 amide bonds. The van der Waals surface area contributed by atoms with E-state index in [2.05, 4.69) is 27.9 Å². The first kappa shape index (κ1) is 11.8. The normalized spacial score (nSPS) is 35.1. The zero-order valence-electron chi connectivity index (χ0n) is 9.97. The van der Waals surface area contributed by atoms with Crippen LogP contribution in [0.5, 0.6) is 0 Å². The number of aliphatic hydroxyl groups excluding tert-OH is 1. The van der Waals surface area contributed by atoms with Crippen molar-refractivity contribution in [2.24, 2.45) is 5.92 Å². The van der Waals surface area contributed by atoms with Crippen LogP contribution >= 0.6 is 15.9 Å². The van der Waals surface area contributed by atoms with Crippen LogP contribution < -0.4 is 0 Å². The Bertz CT molecular complexity index is 392. The maximum Gasteiger partial charge on any atom is 0.146 e. The summed E-state index contributed by atoms with van der Waals surface area (Å²) in [4.78, 5) is 2.49. The van der Waals surface area contributed by atoms with Gasteiger partial charge in [0.2, 0.25) is 0 Å². The van der Waals surface area contributed by atoms with Gasteiger partial charge in [-0.05, 0) is 60.6 Å². The fraction of sp³-hybridized carbons (Fsp3) is 0.692. The number of aliphatic hydroxyl groups is 1. The van der Waals surface area contributed by atoms with E-state index < -0.39 is 6.10 Å². The highest BCUT2D eigenvalue weighted by Crippen LogP contribution is 2.43. The smallest absolute Gasteiger partial charge is 0.146 e. The highest BCUT2D eigenvalue weighted by molar-refractivity contribution is 9.10. The van der Waals surface area contributed by atoms with E-state index in [0.29, 0.717) is 23.8 Å². The molecule has 1 aromatic heterocycles. The predicted octanol–water partition coefficient (Wildman–Crippen LogP) is 2.95. The fourth-order valence-corrected chi connectivity index (χ4v) is 3.88. The summed E-state index contributed by atoms with van der Waals surface area (Å²) in [6.07, 6.45) is 5.90. The maximum atomic E-state index is 10.4. The summed E-state index contributed by atoms with van der Waals surface area (Å²) >= 11 is 3.43. The highest BCUT2D eigenvalue weighted by atomic mass is 79.9. The third kappa shape index (κ3) is 1.96. The van der Waals surface area contributed by atoms with E-state index in [0.717, 1.165) is 17.3 Å². The van der Waals surface area contributed by atoms with Gasteiger partial charge in [-0.15, -0.1) is 0 Å². The van der Waals surface area contributed by atoms with Crippen molar-refractivity contribution in [2.45, 2.75) is 43.9 Å². The molecule has 1 N–H and O–H groups in total. The second-order valence-corrected chi connectivity index (χ2v) is 6.21. The Morgan fingerprint density at radius 2 is 2.06 bits per heavy atom. The summed E-state index contributed by atoms with van der Waals surface area (Å²) in [5.74, 6) is 1.03. The molecule has 3 nitrogen and oxygen atoms in total. The third-order valence-corrected chi connectivity index (χ3v) is 5.15. The number of halogens is 1. The summed E-state index contributed by atoms with van der Waals surface area (Å²) in [6, 6.07) is 3.16. The van der Waals surface area contributed by atoms with E-state index in [4.69, 9.17) is 4.42 Å². The fourth-order valence-electron chi connectivity index (χ4n) is 3.44. The van der Waals surface area contributed by atoms with Gasteiger partial charge >= 0.3 is 0 Å². The molecule has 4 heteroatoms. The van der Waals surface area contributed by atoms with Crippen LogP contribution in [0.1, 0.15) is 37.5 Å². The molecular formula is C13H18BrNO2. The number of nitrogens with zero attached hydrogens (tertiary/aromatic N) is 1. The van der Waals surface area contributed by atoms with Crippen LogP contribution in [-0.2, 0) is 0 Å². The van der Waals surface area contributed by atoms with Crippen LogP contribution in [0.4, 0.5) is 0 Å². The topological polar surface area (TPSA) is 36.6 Å². The standard InChI is InChI=1S/C13H18BrNO2/c1-15-9-2-3-10(15)7-8(6-9)12(16)13-11(14)4-5-17-13/h4-5,8-10,12,16H,2-3,6-7H2,1H3. The van der Waals surface area contributed by atoms with Gasteiger partial charge in [-0.2, -0.15) is 0 Å². The van der Waals surface area contributed by atoms with E-state index in [1.54, 1.807) is 6.26 Å². The lowest BCUT2D eigenvalue weighted by Gasteiger charge is -2.37. The Morgan fingerprint density at radius 3 is 2.59 bits per heavy atom. The molecule has 3 rings (SSSR count). The second-order valence-electron chi connectivity index (χ2n) is 5.36. The van der Waals surface area contributed by atoms with E-state index >= 15 is 0 Å². The van der Waals surface area contributed by atoms with Crippen LogP contribution in [0.3, 0.4) is 0 Å². The first-order valence-electron chi connectivity index (χ1n) is 6.29. The van der Waals surface area contributed by atoms with Gasteiger partial charge in [-0.1, -0.05) is 0 Å². The van der Waals surface area contributed by atoms with Crippen LogP contribution in [0.15, 0.2) is 21.2 Å². The number of hydrogen-bond acceptors (Lipinski definition) is 3. The predicted molar refractivity (Wildman–Crippen MR) is 68.7 cm³/mol. The SMILES string of the molecule is CN1C2CCC1CC(C(O)c1occc1Br)C2. The quantitative estimate of drug-likeness (QED) is 0.912. The van der Waals surface area contributed by atoms with Crippen molar-refractivity contribution < 1.29 is 9.52 Å². The van der Waals surface area contributed by atoms with Crippen molar-refractivity contribution in [3.63, 3.8) is 0 Å². The Balaban J connectivity index is 1.76. The van der Waals surface area contributed by atoms with Gasteiger partial charge in [-0.25, -0.2) is 0 Å². The number of fused-ring (bicyclic) bond motifs is 2. The summed E-state index contributed by atoms with van der Waals surface area (Å²) in [5.41, 5.74) is 0. The van der Waals surface area contributed by atoms with Gasteiger partial charge in [-0.3, -0.25) is 0 Å². The number of piperidine rings is 1. The van der Waals surface area contributed by atoms with E-state index in [-0.39, 0.29) is 0 Å². The molecule has 1 aromatic rings. The molecule has 2 aliphatic rings. The van der Waals surface area contributed by atoms with Crippen LogP contribution in [0, 0.1) is 5.92 Å². The Hall–Kier alpha value is -0.320. The van der Waals surface area contributed by atoms with Crippen molar-refractivity contribution in [3.05, 3.63) is 22.6 Å². The molecule has 2 bridgehead atoms. The molecule has 17 heavy (non-hydrogen) atoms. The third-order valence-electron chi connectivity index (χ3n) is 4.49. The molecule has 2 saturated heterocycles. The Kier molecular flexibility index (Phi) is 3.05. The van der Waals surface area contributed by atoms with Gasteiger partial charge in [0.25, 0.3) is 0 Å². The lowest BCUT2D eigenvalue weighted by Crippen LogP contribution is -2.41. The van der Waals surface area contributed by atoms with Crippen molar-refractivity contribution >= 4 is 15.9 Å². The van der Waals surface area contributed by atoms with E-state index in [1.165, 1.54) is 12.8 Å². The monoisotopic (exact) mass is 299 g/mol. The minimum absolute atomic E-state index is 0.339. The van der Waals surface area contributed by atoms with E-state index in [1.807, 2.05) is 6.07 Å². The molecule has 0 saturated carbocycles. The summed E-state index contributed by atoms with van der Waals surface area (Å²) in [7, 11) is 2.22. The minimum Gasteiger partial charge on any atom is -0.465 e. The lowest BCUT2D eigenvalue weighted by atomic mass is 9.86. The first-order valence-corrected chi connectivity index (χ1v) is 7.09. The van der Waals surface area contributed by atoms with Crippen molar-refractivity contribution in [3.8, 4) is 0 Å². The summed E-state index contributed by atoms with van der Waals surface area (Å²) < 4.78 is 6.27. The Morgan fingerprint density at radius 1 is 1.41 bits per heavy atom. The Labute approximate surface area is 110 Å². The molecule has 0 radical (unpaired) electrons. The van der Waals surface area contributed by atoms with Crippen LogP contribution in [0.25, 0.3) is 0 Å². The van der Waals surface area contributed by atoms with Crippen LogP contribution in [0.2, 0.25) is 0 Å². The van der Waals surface area contributed by atoms with Crippen molar-refractivity contribution in [2.75, 3.05) is 7.05 Å². The molecule has 0 aliphatic carbocycles. The zero-order valence-corrected chi connectivity index (χ0v) is 11.6. The van der Waals surface area contributed by atoms with Crippen LogP contribution in [-0.4, -0.2) is 29.1 Å². The largest absolute Gasteiger partial charge is 0.465 e. The van der Waals surface area contributed by atoms with Crippen molar-refractivity contribution in [1.29, 1.82) is 0 Å². The van der Waals surface area contributed by atoms with Gasteiger partial charge < -0.3 is 14.4 Å². The van der Waals surface area contributed by atoms with Gasteiger partial charge in [0, 0.05) is 12.1 Å². The molecule has 3 atom stereocenters. The molecule has 3 unspecified atom stereocenters. The van der Waals surface area contributed by atoms with E-state index in [9.17, 15) is 5.11 Å². The molecule has 0 spiro atoms. The average Bonchev–Trinajstić information content (AvgIpc) is 2.79. The summed E-state index contributed by atoms with van der Waals surface area (Å²) in [5, 5.41) is 10.4. The van der Waals surface area contributed by atoms with Gasteiger partial charge in [0.05, 0.1) is 10.7 Å². The molecule has 3 heterocycles. The average molecular weight is 300 g/mol. The lowest BCUT2D eigenvalue weighted by molar-refractivity contribution is 0.0230. The second kappa shape index (κ2) is 4.41. The summed E-state index contributed by atoms with van der Waals surface area (Å²) in [6.45, 7) is 0. The number of hydrogen-bond donors (Lipinski definition) is 1.